The zero-order valence-electron chi connectivity index (χ0n) is 8.38. The summed E-state index contributed by atoms with van der Waals surface area (Å²) in [6.45, 7) is 6.33. The van der Waals surface area contributed by atoms with Gasteiger partial charge in [0.05, 0.1) is 11.4 Å². The summed E-state index contributed by atoms with van der Waals surface area (Å²) in [5, 5.41) is 7.95. The summed E-state index contributed by atoms with van der Waals surface area (Å²) < 4.78 is 2.11. The van der Waals surface area contributed by atoms with Crippen LogP contribution < -0.4 is 5.32 Å². The number of aromatic nitrogens is 2. The Morgan fingerprint density at radius 2 is 2.54 bits per heavy atom. The van der Waals surface area contributed by atoms with Gasteiger partial charge in [0.15, 0.2) is 0 Å². The third kappa shape index (κ3) is 1.61. The van der Waals surface area contributed by atoms with Crippen molar-refractivity contribution in [2.45, 2.75) is 39.3 Å². The van der Waals surface area contributed by atoms with Crippen molar-refractivity contribution < 1.29 is 0 Å². The zero-order chi connectivity index (χ0) is 9.26. The van der Waals surface area contributed by atoms with E-state index in [0.29, 0.717) is 6.04 Å². The summed E-state index contributed by atoms with van der Waals surface area (Å²) in [5.74, 6) is 0. The molecule has 1 atom stereocenters. The maximum absolute atomic E-state index is 4.45. The van der Waals surface area contributed by atoms with Crippen LogP contribution in [-0.4, -0.2) is 16.3 Å². The van der Waals surface area contributed by atoms with Gasteiger partial charge in [0, 0.05) is 12.6 Å². The third-order valence-electron chi connectivity index (χ3n) is 2.65. The molecule has 3 nitrogen and oxygen atoms in total. The fraction of sp³-hybridized carbons (Fsp3) is 0.700. The van der Waals surface area contributed by atoms with Gasteiger partial charge in [-0.2, -0.15) is 5.10 Å². The minimum absolute atomic E-state index is 0.543. The zero-order valence-corrected chi connectivity index (χ0v) is 8.38. The van der Waals surface area contributed by atoms with Crippen molar-refractivity contribution >= 4 is 0 Å². The Balaban J connectivity index is 2.26. The molecule has 3 heteroatoms. The van der Waals surface area contributed by atoms with Crippen molar-refractivity contribution in [2.24, 2.45) is 0 Å². The molecule has 0 saturated carbocycles. The average molecular weight is 179 g/mol. The number of aryl methyl sites for hydroxylation is 2. The quantitative estimate of drug-likeness (QED) is 0.748. The molecular weight excluding hydrogens is 162 g/mol. The first-order valence-electron chi connectivity index (χ1n) is 5.09. The molecule has 72 valence electrons. The van der Waals surface area contributed by atoms with E-state index >= 15 is 0 Å². The monoisotopic (exact) mass is 179 g/mol. The van der Waals surface area contributed by atoms with Gasteiger partial charge in [-0.3, -0.25) is 4.68 Å². The summed E-state index contributed by atoms with van der Waals surface area (Å²) in [6.07, 6.45) is 2.55. The van der Waals surface area contributed by atoms with Crippen LogP contribution in [0.2, 0.25) is 0 Å². The number of nitrogens with zero attached hydrogens (tertiary/aromatic N) is 2. The molecular formula is C10H17N3. The molecule has 1 aliphatic heterocycles. The predicted molar refractivity (Wildman–Crippen MR) is 52.6 cm³/mol. The van der Waals surface area contributed by atoms with Gasteiger partial charge in [-0.1, -0.05) is 0 Å². The lowest BCUT2D eigenvalue weighted by Crippen LogP contribution is -2.17. The number of hydrogen-bond acceptors (Lipinski definition) is 2. The van der Waals surface area contributed by atoms with Gasteiger partial charge < -0.3 is 5.32 Å². The van der Waals surface area contributed by atoms with Crippen molar-refractivity contribution in [3.05, 3.63) is 17.5 Å². The molecule has 0 aliphatic carbocycles. The van der Waals surface area contributed by atoms with Crippen LogP contribution in [-0.2, 0) is 6.54 Å². The molecule has 1 aliphatic rings. The molecule has 0 bridgehead atoms. The van der Waals surface area contributed by atoms with Crippen LogP contribution in [0.25, 0.3) is 0 Å². The Labute approximate surface area is 79.1 Å². The normalized spacial score (nSPS) is 22.5. The van der Waals surface area contributed by atoms with E-state index in [4.69, 9.17) is 0 Å². The Bertz CT molecular complexity index is 284. The Morgan fingerprint density at radius 1 is 1.69 bits per heavy atom. The average Bonchev–Trinajstić information content (AvgIpc) is 2.71. The van der Waals surface area contributed by atoms with E-state index in [1.807, 2.05) is 0 Å². The molecule has 0 spiro atoms. The first kappa shape index (κ1) is 8.75. The fourth-order valence-electron chi connectivity index (χ4n) is 2.04. The lowest BCUT2D eigenvalue weighted by atomic mass is 10.1. The Morgan fingerprint density at radius 3 is 3.15 bits per heavy atom. The van der Waals surface area contributed by atoms with Gasteiger partial charge in [0.2, 0.25) is 0 Å². The summed E-state index contributed by atoms with van der Waals surface area (Å²) in [6, 6.07) is 2.74. The maximum Gasteiger partial charge on any atom is 0.0597 e. The number of nitrogens with one attached hydrogen (secondary N) is 1. The predicted octanol–water partition coefficient (Wildman–Crippen LogP) is 1.64. The number of rotatable bonds is 2. The van der Waals surface area contributed by atoms with Crippen LogP contribution in [0.5, 0.6) is 0 Å². The van der Waals surface area contributed by atoms with Crippen molar-refractivity contribution in [3.63, 3.8) is 0 Å². The van der Waals surface area contributed by atoms with Crippen LogP contribution >= 0.6 is 0 Å². The van der Waals surface area contributed by atoms with Crippen LogP contribution in [0, 0.1) is 6.92 Å². The van der Waals surface area contributed by atoms with E-state index in [1.54, 1.807) is 0 Å². The molecule has 2 heterocycles. The molecule has 1 N–H and O–H groups in total. The van der Waals surface area contributed by atoms with Gasteiger partial charge in [0.1, 0.15) is 0 Å². The maximum atomic E-state index is 4.45. The summed E-state index contributed by atoms with van der Waals surface area (Å²) in [4.78, 5) is 0. The highest BCUT2D eigenvalue weighted by molar-refractivity contribution is 5.14. The van der Waals surface area contributed by atoms with E-state index in [-0.39, 0.29) is 0 Å². The van der Waals surface area contributed by atoms with Crippen LogP contribution in [0.15, 0.2) is 6.07 Å². The molecule has 0 amide bonds. The summed E-state index contributed by atoms with van der Waals surface area (Å²) in [5.41, 5.74) is 2.49. The van der Waals surface area contributed by atoms with E-state index < -0.39 is 0 Å². The molecule has 1 fully saturated rings. The standard InChI is InChI=1S/C10H17N3/c1-3-13-10(7-8(2)12-13)9-5-4-6-11-9/h7,9,11H,3-6H2,1-2H3/t9-/m1/s1. The smallest absolute Gasteiger partial charge is 0.0597 e. The molecule has 0 radical (unpaired) electrons. The van der Waals surface area contributed by atoms with Crippen molar-refractivity contribution in [1.29, 1.82) is 0 Å². The highest BCUT2D eigenvalue weighted by Gasteiger charge is 2.19. The highest BCUT2D eigenvalue weighted by Crippen LogP contribution is 2.23. The van der Waals surface area contributed by atoms with Crippen LogP contribution in [0.3, 0.4) is 0 Å². The fourth-order valence-corrected chi connectivity index (χ4v) is 2.04. The molecule has 0 aromatic carbocycles. The van der Waals surface area contributed by atoms with Crippen molar-refractivity contribution in [3.8, 4) is 0 Å². The SMILES string of the molecule is CCn1nc(C)cc1[C@H]1CCCN1. The molecule has 1 aromatic heterocycles. The molecule has 13 heavy (non-hydrogen) atoms. The minimum Gasteiger partial charge on any atom is -0.309 e. The second kappa shape index (κ2) is 3.50. The van der Waals surface area contributed by atoms with E-state index in [9.17, 15) is 0 Å². The van der Waals surface area contributed by atoms with Gasteiger partial charge >= 0.3 is 0 Å². The summed E-state index contributed by atoms with van der Waals surface area (Å²) in [7, 11) is 0. The first-order chi connectivity index (χ1) is 6.31. The molecule has 1 aromatic rings. The van der Waals surface area contributed by atoms with E-state index in [1.165, 1.54) is 18.5 Å². The number of hydrogen-bond donors (Lipinski definition) is 1. The van der Waals surface area contributed by atoms with Gasteiger partial charge in [-0.15, -0.1) is 0 Å². The van der Waals surface area contributed by atoms with E-state index in [0.717, 1.165) is 18.8 Å². The summed E-state index contributed by atoms with van der Waals surface area (Å²) >= 11 is 0. The minimum atomic E-state index is 0.543. The topological polar surface area (TPSA) is 29.9 Å². The van der Waals surface area contributed by atoms with Crippen molar-refractivity contribution in [1.82, 2.24) is 15.1 Å². The Hall–Kier alpha value is -0.830. The molecule has 0 unspecified atom stereocenters. The van der Waals surface area contributed by atoms with Crippen LogP contribution in [0.4, 0.5) is 0 Å². The largest absolute Gasteiger partial charge is 0.309 e. The second-order valence-corrected chi connectivity index (χ2v) is 3.68. The second-order valence-electron chi connectivity index (χ2n) is 3.68. The highest BCUT2D eigenvalue weighted by atomic mass is 15.3. The van der Waals surface area contributed by atoms with Crippen molar-refractivity contribution in [2.75, 3.05) is 6.54 Å². The lowest BCUT2D eigenvalue weighted by Gasteiger charge is -2.11. The molecule has 1 saturated heterocycles. The molecule has 2 rings (SSSR count). The van der Waals surface area contributed by atoms with Gasteiger partial charge in [-0.05, 0) is 39.3 Å². The first-order valence-corrected chi connectivity index (χ1v) is 5.09. The Kier molecular flexibility index (Phi) is 2.36. The van der Waals surface area contributed by atoms with Gasteiger partial charge in [-0.25, -0.2) is 0 Å². The van der Waals surface area contributed by atoms with Crippen LogP contribution in [0.1, 0.15) is 37.2 Å². The van der Waals surface area contributed by atoms with E-state index in [2.05, 4.69) is 35.0 Å². The third-order valence-corrected chi connectivity index (χ3v) is 2.65. The van der Waals surface area contributed by atoms with Gasteiger partial charge in [0.25, 0.3) is 0 Å². The lowest BCUT2D eigenvalue weighted by molar-refractivity contribution is 0.539.